The first-order valence-electron chi connectivity index (χ1n) is 6.85. The number of hydrogen-bond acceptors (Lipinski definition) is 3. The summed E-state index contributed by atoms with van der Waals surface area (Å²) in [5.74, 6) is 1.18. The lowest BCUT2D eigenvalue weighted by Crippen LogP contribution is -2.04. The van der Waals surface area contributed by atoms with Crippen LogP contribution in [0.2, 0.25) is 0 Å². The Morgan fingerprint density at radius 2 is 2.17 bits per heavy atom. The Labute approximate surface area is 114 Å². The number of nitrogens with two attached hydrogens (primary N) is 1. The molecule has 18 heavy (non-hydrogen) atoms. The fourth-order valence-electron chi connectivity index (χ4n) is 2.24. The zero-order valence-corrected chi connectivity index (χ0v) is 11.9. The molecule has 1 saturated heterocycles. The van der Waals surface area contributed by atoms with Gasteiger partial charge in [-0.3, -0.25) is 0 Å². The smallest absolute Gasteiger partial charge is 0.0576 e. The molecule has 2 unspecified atom stereocenters. The predicted octanol–water partition coefficient (Wildman–Crippen LogP) is 3.76. The van der Waals surface area contributed by atoms with E-state index in [1.165, 1.54) is 41.9 Å². The van der Waals surface area contributed by atoms with Crippen LogP contribution in [0, 0.1) is 0 Å². The van der Waals surface area contributed by atoms with E-state index < -0.39 is 0 Å². The molecule has 0 aromatic heterocycles. The number of ether oxygens (including phenoxy) is 1. The summed E-state index contributed by atoms with van der Waals surface area (Å²) in [6, 6.07) is 8.74. The third kappa shape index (κ3) is 4.30. The molecule has 100 valence electrons. The Morgan fingerprint density at radius 3 is 2.78 bits per heavy atom. The third-order valence-electron chi connectivity index (χ3n) is 3.37. The van der Waals surface area contributed by atoms with Gasteiger partial charge in [0, 0.05) is 17.5 Å². The van der Waals surface area contributed by atoms with E-state index in [9.17, 15) is 0 Å². The van der Waals surface area contributed by atoms with E-state index in [2.05, 4.69) is 24.3 Å². The predicted molar refractivity (Wildman–Crippen MR) is 78.0 cm³/mol. The van der Waals surface area contributed by atoms with Crippen LogP contribution in [0.4, 0.5) is 0 Å². The van der Waals surface area contributed by atoms with Gasteiger partial charge in [-0.1, -0.05) is 12.1 Å². The average molecular weight is 265 g/mol. The molecule has 0 amide bonds. The van der Waals surface area contributed by atoms with Gasteiger partial charge in [-0.2, -0.15) is 0 Å². The summed E-state index contributed by atoms with van der Waals surface area (Å²) in [6.45, 7) is 2.99. The van der Waals surface area contributed by atoms with Crippen LogP contribution in [0.15, 0.2) is 29.2 Å². The van der Waals surface area contributed by atoms with Gasteiger partial charge in [0.1, 0.15) is 0 Å². The normalized spacial score (nSPS) is 21.1. The molecule has 0 spiro atoms. The number of hydrogen-bond donors (Lipinski definition) is 1. The Bertz CT molecular complexity index is 344. The maximum absolute atomic E-state index is 5.83. The number of rotatable bonds is 6. The van der Waals surface area contributed by atoms with Crippen molar-refractivity contribution in [3.05, 3.63) is 29.8 Å². The maximum Gasteiger partial charge on any atom is 0.0576 e. The van der Waals surface area contributed by atoms with Gasteiger partial charge in [0.15, 0.2) is 0 Å². The SMILES string of the molecule is CC(N)c1ccc(SCCCC2CCCO2)cc1. The average Bonchev–Trinajstić information content (AvgIpc) is 2.88. The summed E-state index contributed by atoms with van der Waals surface area (Å²) in [7, 11) is 0. The van der Waals surface area contributed by atoms with E-state index in [0.29, 0.717) is 6.10 Å². The molecule has 0 aliphatic carbocycles. The Morgan fingerprint density at radius 1 is 1.39 bits per heavy atom. The van der Waals surface area contributed by atoms with Gasteiger partial charge in [-0.15, -0.1) is 11.8 Å². The lowest BCUT2D eigenvalue weighted by atomic mass is 10.1. The van der Waals surface area contributed by atoms with Crippen LogP contribution in [0.25, 0.3) is 0 Å². The highest BCUT2D eigenvalue weighted by atomic mass is 32.2. The topological polar surface area (TPSA) is 35.2 Å². The highest BCUT2D eigenvalue weighted by Crippen LogP contribution is 2.23. The second-order valence-corrected chi connectivity index (χ2v) is 6.15. The van der Waals surface area contributed by atoms with Gasteiger partial charge in [-0.05, 0) is 56.1 Å². The van der Waals surface area contributed by atoms with E-state index in [1.54, 1.807) is 0 Å². The molecule has 2 nitrogen and oxygen atoms in total. The van der Waals surface area contributed by atoms with Gasteiger partial charge in [0.2, 0.25) is 0 Å². The van der Waals surface area contributed by atoms with Gasteiger partial charge in [0.05, 0.1) is 6.10 Å². The van der Waals surface area contributed by atoms with Crippen LogP contribution in [-0.2, 0) is 4.74 Å². The van der Waals surface area contributed by atoms with Crippen molar-refractivity contribution >= 4 is 11.8 Å². The van der Waals surface area contributed by atoms with Crippen LogP contribution in [0.1, 0.15) is 44.2 Å². The van der Waals surface area contributed by atoms with E-state index in [1.807, 2.05) is 18.7 Å². The summed E-state index contributed by atoms with van der Waals surface area (Å²) in [4.78, 5) is 1.34. The van der Waals surface area contributed by atoms with E-state index in [4.69, 9.17) is 10.5 Å². The molecule has 1 fully saturated rings. The van der Waals surface area contributed by atoms with Crippen LogP contribution in [-0.4, -0.2) is 18.5 Å². The molecular weight excluding hydrogens is 242 g/mol. The van der Waals surface area contributed by atoms with E-state index >= 15 is 0 Å². The molecule has 2 rings (SSSR count). The van der Waals surface area contributed by atoms with Crippen molar-refractivity contribution in [1.29, 1.82) is 0 Å². The minimum atomic E-state index is 0.128. The fourth-order valence-corrected chi connectivity index (χ4v) is 3.12. The largest absolute Gasteiger partial charge is 0.378 e. The standard InChI is InChI=1S/C15H23NOS/c1-12(16)13-6-8-15(9-7-13)18-11-3-5-14-4-2-10-17-14/h6-9,12,14H,2-5,10-11,16H2,1H3. The lowest BCUT2D eigenvalue weighted by molar-refractivity contribution is 0.104. The van der Waals surface area contributed by atoms with Crippen molar-refractivity contribution in [2.24, 2.45) is 5.73 Å². The van der Waals surface area contributed by atoms with Crippen LogP contribution in [0.3, 0.4) is 0 Å². The highest BCUT2D eigenvalue weighted by Gasteiger charge is 2.14. The summed E-state index contributed by atoms with van der Waals surface area (Å²) in [5, 5.41) is 0. The quantitative estimate of drug-likeness (QED) is 0.628. The minimum absolute atomic E-state index is 0.128. The van der Waals surface area contributed by atoms with Crippen molar-refractivity contribution < 1.29 is 4.74 Å². The van der Waals surface area contributed by atoms with Crippen LogP contribution in [0.5, 0.6) is 0 Å². The Kier molecular flexibility index (Phi) is 5.54. The maximum atomic E-state index is 5.83. The van der Waals surface area contributed by atoms with Crippen molar-refractivity contribution in [3.8, 4) is 0 Å². The zero-order valence-electron chi connectivity index (χ0n) is 11.1. The van der Waals surface area contributed by atoms with Gasteiger partial charge in [-0.25, -0.2) is 0 Å². The third-order valence-corrected chi connectivity index (χ3v) is 4.47. The highest BCUT2D eigenvalue weighted by molar-refractivity contribution is 7.99. The molecule has 3 heteroatoms. The molecule has 1 aliphatic heterocycles. The summed E-state index contributed by atoms with van der Waals surface area (Å²) in [5.41, 5.74) is 7.04. The molecule has 1 aliphatic rings. The summed E-state index contributed by atoms with van der Waals surface area (Å²) >= 11 is 1.93. The first kappa shape index (κ1) is 13.9. The van der Waals surface area contributed by atoms with Gasteiger partial charge in [0.25, 0.3) is 0 Å². The summed E-state index contributed by atoms with van der Waals surface area (Å²) < 4.78 is 5.62. The second kappa shape index (κ2) is 7.17. The summed E-state index contributed by atoms with van der Waals surface area (Å²) in [6.07, 6.45) is 5.49. The second-order valence-electron chi connectivity index (χ2n) is 4.98. The first-order chi connectivity index (χ1) is 8.75. The molecule has 1 aromatic rings. The monoisotopic (exact) mass is 265 g/mol. The van der Waals surface area contributed by atoms with E-state index in [0.717, 1.165) is 6.61 Å². The molecule has 0 saturated carbocycles. The Balaban J connectivity index is 1.66. The molecule has 1 aromatic carbocycles. The van der Waals surface area contributed by atoms with Gasteiger partial charge >= 0.3 is 0 Å². The van der Waals surface area contributed by atoms with Crippen molar-refractivity contribution in [2.75, 3.05) is 12.4 Å². The molecule has 0 radical (unpaired) electrons. The minimum Gasteiger partial charge on any atom is -0.378 e. The van der Waals surface area contributed by atoms with Crippen molar-refractivity contribution in [3.63, 3.8) is 0 Å². The van der Waals surface area contributed by atoms with E-state index in [-0.39, 0.29) is 6.04 Å². The molecule has 2 N–H and O–H groups in total. The molecular formula is C15H23NOS. The molecule has 0 bridgehead atoms. The van der Waals surface area contributed by atoms with Gasteiger partial charge < -0.3 is 10.5 Å². The Hall–Kier alpha value is -0.510. The molecule has 1 heterocycles. The van der Waals surface area contributed by atoms with Crippen molar-refractivity contribution in [1.82, 2.24) is 0 Å². The number of thioether (sulfide) groups is 1. The lowest BCUT2D eigenvalue weighted by Gasteiger charge is -2.09. The van der Waals surface area contributed by atoms with Crippen LogP contribution < -0.4 is 5.73 Å². The van der Waals surface area contributed by atoms with Crippen molar-refractivity contribution in [2.45, 2.75) is 49.6 Å². The van der Waals surface area contributed by atoms with Crippen LogP contribution >= 0.6 is 11.8 Å². The zero-order chi connectivity index (χ0) is 12.8. The number of benzene rings is 1. The fraction of sp³-hybridized carbons (Fsp3) is 0.600. The first-order valence-corrected chi connectivity index (χ1v) is 7.84. The molecule has 2 atom stereocenters.